The molecule has 2 aromatic rings. The van der Waals surface area contributed by atoms with E-state index in [0.29, 0.717) is 5.56 Å². The van der Waals surface area contributed by atoms with Gasteiger partial charge < -0.3 is 9.47 Å². The van der Waals surface area contributed by atoms with Crippen molar-refractivity contribution in [1.82, 2.24) is 0 Å². The Morgan fingerprint density at radius 1 is 1.13 bits per heavy atom. The summed E-state index contributed by atoms with van der Waals surface area (Å²) in [5.41, 5.74) is 1.48. The molecule has 0 saturated heterocycles. The molecule has 0 aliphatic carbocycles. The Morgan fingerprint density at radius 2 is 1.87 bits per heavy atom. The number of methoxy groups -OCH3 is 1. The van der Waals surface area contributed by atoms with Gasteiger partial charge in [-0.3, -0.25) is 4.79 Å². The van der Waals surface area contributed by atoms with Gasteiger partial charge in [0.1, 0.15) is 17.1 Å². The number of ether oxygens (including phenoxy) is 2. The summed E-state index contributed by atoms with van der Waals surface area (Å²) in [6, 6.07) is 11.1. The van der Waals surface area contributed by atoms with Crippen LogP contribution in [-0.4, -0.2) is 19.0 Å². The molecule has 0 aliphatic heterocycles. The lowest BCUT2D eigenvalue weighted by Gasteiger charge is -2.10. The van der Waals surface area contributed by atoms with Crippen molar-refractivity contribution in [1.29, 1.82) is 0 Å². The molecular formula is C18H17FO4. The molecule has 0 unspecified atom stereocenters. The summed E-state index contributed by atoms with van der Waals surface area (Å²) in [5.74, 6) is -1.33. The number of hydrogen-bond donors (Lipinski definition) is 0. The zero-order chi connectivity index (χ0) is 16.8. The van der Waals surface area contributed by atoms with Crippen LogP contribution < -0.4 is 4.74 Å². The third kappa shape index (κ3) is 4.39. The average Bonchev–Trinajstić information content (AvgIpc) is 2.55. The Morgan fingerprint density at radius 3 is 2.57 bits per heavy atom. The van der Waals surface area contributed by atoms with E-state index in [4.69, 9.17) is 4.74 Å². The predicted octanol–water partition coefficient (Wildman–Crippen LogP) is 3.46. The molecule has 0 radical (unpaired) electrons. The number of esters is 2. The van der Waals surface area contributed by atoms with E-state index in [9.17, 15) is 14.0 Å². The van der Waals surface area contributed by atoms with Crippen LogP contribution in [0.15, 0.2) is 42.5 Å². The van der Waals surface area contributed by atoms with Gasteiger partial charge in [0, 0.05) is 0 Å². The highest BCUT2D eigenvalue weighted by molar-refractivity contribution is 5.93. The fourth-order valence-corrected chi connectivity index (χ4v) is 2.11. The van der Waals surface area contributed by atoms with Crippen molar-refractivity contribution in [2.75, 3.05) is 7.11 Å². The van der Waals surface area contributed by atoms with Gasteiger partial charge in [-0.25, -0.2) is 9.18 Å². The number of carbonyl (C=O) groups excluding carboxylic acids is 2. The first-order chi connectivity index (χ1) is 11.0. The summed E-state index contributed by atoms with van der Waals surface area (Å²) < 4.78 is 23.4. The van der Waals surface area contributed by atoms with Crippen LogP contribution >= 0.6 is 0 Å². The Kier molecular flexibility index (Phi) is 5.46. The van der Waals surface area contributed by atoms with Gasteiger partial charge in [0.05, 0.1) is 13.5 Å². The molecule has 5 heteroatoms. The number of carbonyl (C=O) groups is 2. The van der Waals surface area contributed by atoms with Crippen LogP contribution in [0.5, 0.6) is 5.75 Å². The van der Waals surface area contributed by atoms with Crippen molar-refractivity contribution in [2.45, 2.75) is 19.8 Å². The van der Waals surface area contributed by atoms with Gasteiger partial charge in [-0.1, -0.05) is 24.3 Å². The summed E-state index contributed by atoms with van der Waals surface area (Å²) >= 11 is 0. The molecule has 0 saturated carbocycles. The van der Waals surface area contributed by atoms with Crippen LogP contribution in [0.1, 0.15) is 27.9 Å². The molecule has 23 heavy (non-hydrogen) atoms. The Labute approximate surface area is 133 Å². The molecule has 4 nitrogen and oxygen atoms in total. The zero-order valence-corrected chi connectivity index (χ0v) is 13.0. The van der Waals surface area contributed by atoms with Crippen LogP contribution in [0, 0.1) is 12.7 Å². The maximum atomic E-state index is 13.5. The molecule has 2 rings (SSSR count). The van der Waals surface area contributed by atoms with Crippen LogP contribution in [0.4, 0.5) is 4.39 Å². The maximum Gasteiger partial charge on any atom is 0.341 e. The smallest absolute Gasteiger partial charge is 0.341 e. The molecule has 2 aromatic carbocycles. The lowest BCUT2D eigenvalue weighted by Crippen LogP contribution is -2.13. The number of benzene rings is 2. The number of rotatable bonds is 5. The number of halogens is 1. The molecule has 0 atom stereocenters. The van der Waals surface area contributed by atoms with E-state index in [0.717, 1.165) is 5.56 Å². The van der Waals surface area contributed by atoms with Crippen molar-refractivity contribution < 1.29 is 23.5 Å². The average molecular weight is 316 g/mol. The van der Waals surface area contributed by atoms with Crippen LogP contribution in [0.3, 0.4) is 0 Å². The Bertz CT molecular complexity index is 725. The van der Waals surface area contributed by atoms with E-state index in [2.05, 4.69) is 4.74 Å². The minimum atomic E-state index is -0.578. The fraction of sp³-hybridized carbons (Fsp3) is 0.222. The highest BCUT2D eigenvalue weighted by atomic mass is 19.1. The maximum absolute atomic E-state index is 13.5. The van der Waals surface area contributed by atoms with Crippen LogP contribution in [-0.2, 0) is 16.0 Å². The SMILES string of the molecule is COC(=O)c1cc(C)ccc1OC(=O)CCc1ccccc1F. The third-order valence-corrected chi connectivity index (χ3v) is 3.32. The van der Waals surface area contributed by atoms with E-state index in [1.807, 2.05) is 6.92 Å². The fourth-order valence-electron chi connectivity index (χ4n) is 2.11. The second-order valence-corrected chi connectivity index (χ2v) is 5.06. The van der Waals surface area contributed by atoms with Crippen LogP contribution in [0.25, 0.3) is 0 Å². The lowest BCUT2D eigenvalue weighted by molar-refractivity contribution is -0.134. The Hall–Kier alpha value is -2.69. The van der Waals surface area contributed by atoms with Gasteiger partial charge >= 0.3 is 11.9 Å². The first-order valence-electron chi connectivity index (χ1n) is 7.14. The molecular weight excluding hydrogens is 299 g/mol. The van der Waals surface area contributed by atoms with Crippen LogP contribution in [0.2, 0.25) is 0 Å². The molecule has 120 valence electrons. The minimum Gasteiger partial charge on any atom is -0.465 e. The van der Waals surface area contributed by atoms with Crippen molar-refractivity contribution >= 4 is 11.9 Å². The van der Waals surface area contributed by atoms with E-state index in [1.54, 1.807) is 36.4 Å². The molecule has 0 N–H and O–H groups in total. The van der Waals surface area contributed by atoms with Gasteiger partial charge in [-0.15, -0.1) is 0 Å². The van der Waals surface area contributed by atoms with Crippen molar-refractivity contribution in [3.05, 3.63) is 65.0 Å². The van der Waals surface area contributed by atoms with E-state index in [-0.39, 0.29) is 30.0 Å². The third-order valence-electron chi connectivity index (χ3n) is 3.32. The molecule has 0 fully saturated rings. The van der Waals surface area contributed by atoms with Crippen molar-refractivity contribution in [3.8, 4) is 5.75 Å². The monoisotopic (exact) mass is 316 g/mol. The Balaban J connectivity index is 2.06. The van der Waals surface area contributed by atoms with Gasteiger partial charge in [0.25, 0.3) is 0 Å². The number of aryl methyl sites for hydroxylation is 2. The molecule has 0 aliphatic rings. The zero-order valence-electron chi connectivity index (χ0n) is 13.0. The van der Waals surface area contributed by atoms with E-state index in [1.165, 1.54) is 13.2 Å². The predicted molar refractivity (Wildman–Crippen MR) is 82.9 cm³/mol. The quantitative estimate of drug-likeness (QED) is 0.626. The minimum absolute atomic E-state index is 0.00935. The topological polar surface area (TPSA) is 52.6 Å². The summed E-state index contributed by atoms with van der Waals surface area (Å²) in [6.07, 6.45) is 0.236. The summed E-state index contributed by atoms with van der Waals surface area (Å²) in [6.45, 7) is 1.82. The highest BCUT2D eigenvalue weighted by Gasteiger charge is 2.16. The highest BCUT2D eigenvalue weighted by Crippen LogP contribution is 2.22. The lowest BCUT2D eigenvalue weighted by atomic mass is 10.1. The molecule has 0 spiro atoms. The number of hydrogen-bond acceptors (Lipinski definition) is 4. The molecule has 0 heterocycles. The van der Waals surface area contributed by atoms with Gasteiger partial charge in [-0.2, -0.15) is 0 Å². The summed E-state index contributed by atoms with van der Waals surface area (Å²) in [7, 11) is 1.26. The first-order valence-corrected chi connectivity index (χ1v) is 7.14. The molecule has 0 bridgehead atoms. The second kappa shape index (κ2) is 7.54. The largest absolute Gasteiger partial charge is 0.465 e. The summed E-state index contributed by atoms with van der Waals surface area (Å²) in [5, 5.41) is 0. The molecule has 0 aromatic heterocycles. The standard InChI is InChI=1S/C18H17FO4/c1-12-7-9-16(14(11-12)18(21)22-2)23-17(20)10-8-13-5-3-4-6-15(13)19/h3-7,9,11H,8,10H2,1-2H3. The van der Waals surface area contributed by atoms with Crippen molar-refractivity contribution in [2.24, 2.45) is 0 Å². The normalized spacial score (nSPS) is 10.2. The second-order valence-electron chi connectivity index (χ2n) is 5.06. The summed E-state index contributed by atoms with van der Waals surface area (Å²) in [4.78, 5) is 23.7. The molecule has 0 amide bonds. The van der Waals surface area contributed by atoms with E-state index < -0.39 is 11.9 Å². The van der Waals surface area contributed by atoms with Gasteiger partial charge in [0.2, 0.25) is 0 Å². The van der Waals surface area contributed by atoms with Gasteiger partial charge in [0.15, 0.2) is 0 Å². The van der Waals surface area contributed by atoms with Gasteiger partial charge in [-0.05, 0) is 42.7 Å². The van der Waals surface area contributed by atoms with E-state index >= 15 is 0 Å². The van der Waals surface area contributed by atoms with Crippen molar-refractivity contribution in [3.63, 3.8) is 0 Å². The first kappa shape index (κ1) is 16.7.